The predicted molar refractivity (Wildman–Crippen MR) is 122 cm³/mol. The molecule has 2 aromatic carbocycles. The summed E-state index contributed by atoms with van der Waals surface area (Å²) in [5.74, 6) is -0.257. The Morgan fingerprint density at radius 2 is 1.81 bits per heavy atom. The molecule has 0 aromatic heterocycles. The van der Waals surface area contributed by atoms with Crippen molar-refractivity contribution in [1.82, 2.24) is 10.2 Å². The van der Waals surface area contributed by atoms with E-state index in [9.17, 15) is 14.4 Å². The van der Waals surface area contributed by atoms with Crippen LogP contribution in [0.4, 0.5) is 5.69 Å². The molecule has 170 valence electrons. The summed E-state index contributed by atoms with van der Waals surface area (Å²) in [4.78, 5) is 38.1. The van der Waals surface area contributed by atoms with Crippen molar-refractivity contribution in [1.29, 1.82) is 0 Å². The second kappa shape index (κ2) is 11.3. The quantitative estimate of drug-likeness (QED) is 0.555. The topological polar surface area (TPSA) is 114 Å². The number of nitrogens with zero attached hydrogens (tertiary/aromatic N) is 1. The highest BCUT2D eigenvalue weighted by Gasteiger charge is 2.23. The molecule has 8 nitrogen and oxygen atoms in total. The van der Waals surface area contributed by atoms with E-state index in [-0.39, 0.29) is 30.2 Å². The largest absolute Gasteiger partial charge is 0.494 e. The third-order valence-corrected chi connectivity index (χ3v) is 5.39. The van der Waals surface area contributed by atoms with Gasteiger partial charge in [0.15, 0.2) is 0 Å². The molecule has 0 bridgehead atoms. The maximum atomic E-state index is 12.2. The zero-order chi connectivity index (χ0) is 22.9. The van der Waals surface area contributed by atoms with Gasteiger partial charge in [0.1, 0.15) is 5.75 Å². The number of ether oxygens (including phenoxy) is 1. The summed E-state index contributed by atoms with van der Waals surface area (Å²) in [6.07, 6.45) is 1.82. The van der Waals surface area contributed by atoms with E-state index in [0.717, 1.165) is 31.5 Å². The van der Waals surface area contributed by atoms with Crippen LogP contribution < -0.4 is 21.1 Å². The van der Waals surface area contributed by atoms with Crippen LogP contribution >= 0.6 is 0 Å². The number of nitrogens with one attached hydrogen (secondary N) is 2. The smallest absolute Gasteiger partial charge is 0.251 e. The first-order valence-electron chi connectivity index (χ1n) is 10.9. The molecule has 1 heterocycles. The van der Waals surface area contributed by atoms with Crippen LogP contribution in [0, 0.1) is 5.92 Å². The first kappa shape index (κ1) is 23.3. The number of carbonyl (C=O) groups is 3. The van der Waals surface area contributed by atoms with E-state index in [0.29, 0.717) is 30.2 Å². The van der Waals surface area contributed by atoms with Crippen molar-refractivity contribution in [3.8, 4) is 5.75 Å². The number of hydrogen-bond acceptors (Lipinski definition) is 5. The van der Waals surface area contributed by atoms with Gasteiger partial charge in [0, 0.05) is 24.3 Å². The standard InChI is InChI=1S/C24H30N4O4/c1-2-32-21-11-7-18(8-12-21)24(31)26-14-22(29)27-20-9-5-17(6-10-20)15-28-13-3-4-19(16-28)23(25)30/h5-12,19H,2-4,13-16H2,1H3,(H2,25,30)(H,26,31)(H,27,29). The molecule has 1 aliphatic rings. The summed E-state index contributed by atoms with van der Waals surface area (Å²) < 4.78 is 5.35. The fourth-order valence-corrected chi connectivity index (χ4v) is 3.72. The number of rotatable bonds is 9. The molecule has 0 spiro atoms. The Hall–Kier alpha value is -3.39. The molecular weight excluding hydrogens is 408 g/mol. The van der Waals surface area contributed by atoms with Gasteiger partial charge in [-0.25, -0.2) is 0 Å². The Balaban J connectivity index is 1.44. The summed E-state index contributed by atoms with van der Waals surface area (Å²) >= 11 is 0. The van der Waals surface area contributed by atoms with Gasteiger partial charge < -0.3 is 21.1 Å². The molecule has 8 heteroatoms. The van der Waals surface area contributed by atoms with Gasteiger partial charge in [-0.05, 0) is 68.3 Å². The van der Waals surface area contributed by atoms with E-state index in [4.69, 9.17) is 10.5 Å². The summed E-state index contributed by atoms with van der Waals surface area (Å²) in [7, 11) is 0. The third kappa shape index (κ3) is 6.81. The molecule has 1 fully saturated rings. The zero-order valence-corrected chi connectivity index (χ0v) is 18.3. The average Bonchev–Trinajstić information content (AvgIpc) is 2.80. The number of hydrogen-bond donors (Lipinski definition) is 3. The fourth-order valence-electron chi connectivity index (χ4n) is 3.72. The fraction of sp³-hybridized carbons (Fsp3) is 0.375. The third-order valence-electron chi connectivity index (χ3n) is 5.39. The second-order valence-electron chi connectivity index (χ2n) is 7.86. The van der Waals surface area contributed by atoms with E-state index in [1.807, 2.05) is 31.2 Å². The molecule has 1 atom stereocenters. The van der Waals surface area contributed by atoms with E-state index in [1.165, 1.54) is 0 Å². The Morgan fingerprint density at radius 1 is 1.09 bits per heavy atom. The number of benzene rings is 2. The number of primary amides is 1. The van der Waals surface area contributed by atoms with E-state index in [2.05, 4.69) is 15.5 Å². The van der Waals surface area contributed by atoms with Crippen molar-refractivity contribution >= 4 is 23.4 Å². The van der Waals surface area contributed by atoms with Gasteiger partial charge in [-0.2, -0.15) is 0 Å². The Bertz CT molecular complexity index is 928. The molecule has 3 rings (SSSR count). The van der Waals surface area contributed by atoms with Gasteiger partial charge in [-0.3, -0.25) is 19.3 Å². The van der Waals surface area contributed by atoms with Crippen LogP contribution in [0.15, 0.2) is 48.5 Å². The van der Waals surface area contributed by atoms with Gasteiger partial charge >= 0.3 is 0 Å². The molecular formula is C24H30N4O4. The van der Waals surface area contributed by atoms with Crippen LogP contribution in [0.5, 0.6) is 5.75 Å². The van der Waals surface area contributed by atoms with E-state index < -0.39 is 0 Å². The molecule has 3 amide bonds. The molecule has 1 aliphatic heterocycles. The maximum Gasteiger partial charge on any atom is 0.251 e. The van der Waals surface area contributed by atoms with Crippen LogP contribution in [0.1, 0.15) is 35.7 Å². The first-order chi connectivity index (χ1) is 15.4. The van der Waals surface area contributed by atoms with Crippen molar-refractivity contribution in [2.75, 3.05) is 31.6 Å². The van der Waals surface area contributed by atoms with Gasteiger partial charge in [0.2, 0.25) is 11.8 Å². The molecule has 0 radical (unpaired) electrons. The lowest BCUT2D eigenvalue weighted by atomic mass is 9.97. The van der Waals surface area contributed by atoms with Crippen molar-refractivity contribution in [3.63, 3.8) is 0 Å². The summed E-state index contributed by atoms with van der Waals surface area (Å²) in [5.41, 5.74) is 7.66. The predicted octanol–water partition coefficient (Wildman–Crippen LogP) is 2.15. The Kier molecular flexibility index (Phi) is 8.21. The number of carbonyl (C=O) groups excluding carboxylic acids is 3. The Labute approximate surface area is 188 Å². The maximum absolute atomic E-state index is 12.2. The van der Waals surface area contributed by atoms with Crippen molar-refractivity contribution in [2.45, 2.75) is 26.3 Å². The number of likely N-dealkylation sites (tertiary alicyclic amines) is 1. The molecule has 32 heavy (non-hydrogen) atoms. The van der Waals surface area contributed by atoms with Crippen LogP contribution in [0.3, 0.4) is 0 Å². The average molecular weight is 439 g/mol. The lowest BCUT2D eigenvalue weighted by Gasteiger charge is -2.31. The lowest BCUT2D eigenvalue weighted by molar-refractivity contribution is -0.123. The van der Waals surface area contributed by atoms with Crippen LogP contribution in [-0.2, 0) is 16.1 Å². The number of amides is 3. The minimum absolute atomic E-state index is 0.0832. The minimum Gasteiger partial charge on any atom is -0.494 e. The molecule has 1 saturated heterocycles. The minimum atomic E-state index is -0.325. The van der Waals surface area contributed by atoms with E-state index in [1.54, 1.807) is 24.3 Å². The molecule has 4 N–H and O–H groups in total. The number of piperidine rings is 1. The normalized spacial score (nSPS) is 16.2. The van der Waals surface area contributed by atoms with Crippen molar-refractivity contribution in [3.05, 3.63) is 59.7 Å². The summed E-state index contributed by atoms with van der Waals surface area (Å²) in [5, 5.41) is 5.39. The molecule has 0 saturated carbocycles. The highest BCUT2D eigenvalue weighted by Crippen LogP contribution is 2.19. The van der Waals surface area contributed by atoms with Crippen LogP contribution in [0.2, 0.25) is 0 Å². The lowest BCUT2D eigenvalue weighted by Crippen LogP contribution is -2.40. The number of anilines is 1. The summed E-state index contributed by atoms with van der Waals surface area (Å²) in [6, 6.07) is 14.3. The van der Waals surface area contributed by atoms with Crippen molar-refractivity contribution < 1.29 is 19.1 Å². The monoisotopic (exact) mass is 438 g/mol. The SMILES string of the molecule is CCOc1ccc(C(=O)NCC(=O)Nc2ccc(CN3CCCC(C(N)=O)C3)cc2)cc1. The second-order valence-corrected chi connectivity index (χ2v) is 7.86. The van der Waals surface area contributed by atoms with Gasteiger partial charge in [0.25, 0.3) is 5.91 Å². The van der Waals surface area contributed by atoms with Crippen LogP contribution in [-0.4, -0.2) is 48.9 Å². The van der Waals surface area contributed by atoms with Gasteiger partial charge in [-0.1, -0.05) is 12.1 Å². The zero-order valence-electron chi connectivity index (χ0n) is 18.3. The highest BCUT2D eigenvalue weighted by molar-refractivity contribution is 5.99. The van der Waals surface area contributed by atoms with Crippen molar-refractivity contribution in [2.24, 2.45) is 11.7 Å². The Morgan fingerprint density at radius 3 is 2.47 bits per heavy atom. The molecule has 2 aromatic rings. The highest BCUT2D eigenvalue weighted by atomic mass is 16.5. The molecule has 1 unspecified atom stereocenters. The molecule has 0 aliphatic carbocycles. The van der Waals surface area contributed by atoms with Gasteiger partial charge in [0.05, 0.1) is 19.1 Å². The number of nitrogens with two attached hydrogens (primary N) is 1. The van der Waals surface area contributed by atoms with E-state index >= 15 is 0 Å². The summed E-state index contributed by atoms with van der Waals surface area (Å²) in [6.45, 7) is 4.67. The van der Waals surface area contributed by atoms with Gasteiger partial charge in [-0.15, -0.1) is 0 Å². The van der Waals surface area contributed by atoms with Crippen LogP contribution in [0.25, 0.3) is 0 Å². The first-order valence-corrected chi connectivity index (χ1v) is 10.9.